The molecule has 1 aromatic heterocycles. The van der Waals surface area contributed by atoms with Gasteiger partial charge in [0.1, 0.15) is 5.69 Å². The zero-order valence-corrected chi connectivity index (χ0v) is 22.3. The molecule has 12 heteroatoms. The van der Waals surface area contributed by atoms with Crippen LogP contribution < -0.4 is 8.61 Å². The molecule has 2 aromatic rings. The number of halogens is 2. The molecule has 3 fully saturated rings. The van der Waals surface area contributed by atoms with Crippen LogP contribution in [0.5, 0.6) is 0 Å². The first-order chi connectivity index (χ1) is 17.9. The molecule has 3 aliphatic heterocycles. The Hall–Kier alpha value is -2.67. The van der Waals surface area contributed by atoms with Gasteiger partial charge in [0.2, 0.25) is 0 Å². The number of likely N-dealkylation sites (tertiary alicyclic amines) is 2. The van der Waals surface area contributed by atoms with Gasteiger partial charge in [-0.25, -0.2) is 27.2 Å². The monoisotopic (exact) mass is 549 g/mol. The van der Waals surface area contributed by atoms with Gasteiger partial charge in [-0.15, -0.1) is 0 Å². The molecule has 1 amide bonds. The minimum absolute atomic E-state index is 0.131. The first kappa shape index (κ1) is 25.6. The third-order valence-corrected chi connectivity index (χ3v) is 10.5. The molecule has 38 heavy (non-hydrogen) atoms. The summed E-state index contributed by atoms with van der Waals surface area (Å²) in [6.07, 6.45) is 0.904. The molecule has 1 atom stereocenters. The molecule has 4 heterocycles. The number of carboxylic acid groups (broad SMARTS) is 1. The summed E-state index contributed by atoms with van der Waals surface area (Å²) in [5, 5.41) is 9.15. The largest absolute Gasteiger partial charge is 0.465 e. The number of nitrogens with zero attached hydrogens (tertiary/aromatic N) is 5. The second-order valence-corrected chi connectivity index (χ2v) is 13.3. The number of alkyl halides is 2. The molecular weight excluding hydrogens is 516 g/mol. The smallest absolute Gasteiger partial charge is 0.407 e. The van der Waals surface area contributed by atoms with E-state index < -0.39 is 28.9 Å². The van der Waals surface area contributed by atoms with E-state index in [9.17, 15) is 22.7 Å². The number of aryl methyl sites for hydroxylation is 1. The van der Waals surface area contributed by atoms with Crippen molar-refractivity contribution < 1.29 is 27.8 Å². The Morgan fingerprint density at radius 1 is 1.16 bits per heavy atom. The first-order valence-corrected chi connectivity index (χ1v) is 14.3. The van der Waals surface area contributed by atoms with Crippen LogP contribution in [0.15, 0.2) is 30.3 Å². The maximum atomic E-state index is 13.6. The predicted octanol–water partition coefficient (Wildman–Crippen LogP) is 5.12. The number of rotatable bonds is 5. The number of benzene rings is 1. The van der Waals surface area contributed by atoms with Crippen molar-refractivity contribution >= 4 is 28.6 Å². The molecule has 4 aliphatic rings. The molecule has 206 valence electrons. The van der Waals surface area contributed by atoms with Gasteiger partial charge in [-0.2, -0.15) is 0 Å². The molecule has 6 rings (SSSR count). The van der Waals surface area contributed by atoms with Gasteiger partial charge in [0, 0.05) is 56.5 Å². The fraction of sp³-hybridized carbons (Fsp3) is 0.538. The lowest BCUT2D eigenvalue weighted by molar-refractivity contribution is -0.0352. The van der Waals surface area contributed by atoms with E-state index in [1.807, 2.05) is 13.0 Å². The Bertz CT molecular complexity index is 1280. The Balaban J connectivity index is 1.18. The highest BCUT2D eigenvalue weighted by Crippen LogP contribution is 2.62. The summed E-state index contributed by atoms with van der Waals surface area (Å²) in [7, 11) is -1.93. The van der Waals surface area contributed by atoms with Crippen molar-refractivity contribution in [2.45, 2.75) is 38.7 Å². The lowest BCUT2D eigenvalue weighted by atomic mass is 9.72. The number of hydrogen-bond acceptors (Lipinski definition) is 7. The molecule has 3 N–H and O–H groups in total. The maximum Gasteiger partial charge on any atom is 0.407 e. The second kappa shape index (κ2) is 8.67. The summed E-state index contributed by atoms with van der Waals surface area (Å²) < 4.78 is 51.3. The van der Waals surface area contributed by atoms with Gasteiger partial charge in [0.05, 0.1) is 5.69 Å². The third kappa shape index (κ3) is 4.27. The number of piperidine rings is 1. The van der Waals surface area contributed by atoms with E-state index >= 15 is 0 Å². The van der Waals surface area contributed by atoms with Crippen molar-refractivity contribution in [3.05, 3.63) is 41.5 Å². The minimum Gasteiger partial charge on any atom is -0.465 e. The van der Waals surface area contributed by atoms with Crippen molar-refractivity contribution in [2.24, 2.45) is 11.3 Å². The maximum absolute atomic E-state index is 13.6. The average molecular weight is 550 g/mol. The SMILES string of the molecule is Cc1ccc(CN2CCC3(CC2)CN(C(=O)O)C3)cc1-c1ccc2c(n1)N(C)S(O)(O)N2CC1CC1(F)F. The van der Waals surface area contributed by atoms with Gasteiger partial charge in [0.25, 0.3) is 5.92 Å². The van der Waals surface area contributed by atoms with Crippen molar-refractivity contribution in [2.75, 3.05) is 48.4 Å². The van der Waals surface area contributed by atoms with Gasteiger partial charge in [-0.1, -0.05) is 12.1 Å². The Labute approximate surface area is 222 Å². The zero-order chi connectivity index (χ0) is 27.0. The molecule has 0 bridgehead atoms. The van der Waals surface area contributed by atoms with Gasteiger partial charge >= 0.3 is 6.09 Å². The normalized spacial score (nSPS) is 25.7. The quantitative estimate of drug-likeness (QED) is 0.472. The Kier molecular flexibility index (Phi) is 5.84. The molecule has 1 aromatic carbocycles. The van der Waals surface area contributed by atoms with Crippen LogP contribution in [-0.4, -0.2) is 80.8 Å². The number of aromatic nitrogens is 1. The van der Waals surface area contributed by atoms with Crippen molar-refractivity contribution in [1.82, 2.24) is 14.8 Å². The molecular formula is C26H33F2N5O4S. The zero-order valence-electron chi connectivity index (χ0n) is 21.5. The third-order valence-electron chi connectivity index (χ3n) is 8.65. The number of amides is 1. The number of hydrogen-bond donors (Lipinski definition) is 3. The van der Waals surface area contributed by atoms with Crippen LogP contribution in [0.4, 0.5) is 25.1 Å². The number of fused-ring (bicyclic) bond motifs is 1. The molecule has 1 aliphatic carbocycles. The van der Waals surface area contributed by atoms with Crippen LogP contribution in [-0.2, 0) is 6.54 Å². The summed E-state index contributed by atoms with van der Waals surface area (Å²) >= 11 is 0. The minimum atomic E-state index is -3.45. The van der Waals surface area contributed by atoms with E-state index in [4.69, 9.17) is 10.1 Å². The lowest BCUT2D eigenvalue weighted by Gasteiger charge is -2.52. The fourth-order valence-electron chi connectivity index (χ4n) is 5.98. The number of carbonyl (C=O) groups is 1. The van der Waals surface area contributed by atoms with Crippen LogP contribution in [0.3, 0.4) is 0 Å². The van der Waals surface area contributed by atoms with E-state index in [1.54, 1.807) is 6.07 Å². The summed E-state index contributed by atoms with van der Waals surface area (Å²) in [4.78, 5) is 19.8. The molecule has 1 unspecified atom stereocenters. The van der Waals surface area contributed by atoms with E-state index in [1.165, 1.54) is 20.6 Å². The molecule has 1 saturated carbocycles. The van der Waals surface area contributed by atoms with Gasteiger partial charge in [-0.05, 0) is 73.1 Å². The Morgan fingerprint density at radius 3 is 2.47 bits per heavy atom. The summed E-state index contributed by atoms with van der Waals surface area (Å²) in [5.74, 6) is -3.28. The van der Waals surface area contributed by atoms with Crippen LogP contribution in [0.25, 0.3) is 11.3 Å². The van der Waals surface area contributed by atoms with Gasteiger partial charge < -0.3 is 10.0 Å². The summed E-state index contributed by atoms with van der Waals surface area (Å²) in [6, 6.07) is 9.82. The lowest BCUT2D eigenvalue weighted by Crippen LogP contribution is -2.61. The highest BCUT2D eigenvalue weighted by Gasteiger charge is 2.59. The summed E-state index contributed by atoms with van der Waals surface area (Å²) in [5.41, 5.74) is 4.38. The molecule has 2 saturated heterocycles. The topological polar surface area (TPSA) is 104 Å². The van der Waals surface area contributed by atoms with E-state index in [2.05, 4.69) is 23.1 Å². The first-order valence-electron chi connectivity index (χ1n) is 12.9. The highest BCUT2D eigenvalue weighted by molar-refractivity contribution is 8.26. The standard InChI is InChI=1S/C26H33F2N5O4S/c1-17-3-4-18(13-31-9-7-25(8-10-31)15-32(16-25)24(34)35)11-20(17)21-5-6-22-23(29-21)30(2)38(36,37)33(22)14-19-12-26(19,27)28/h3-6,11,19,36-37H,7-10,12-16H2,1-2H3,(H,34,35). The van der Waals surface area contributed by atoms with E-state index in [-0.39, 0.29) is 18.4 Å². The molecule has 9 nitrogen and oxygen atoms in total. The van der Waals surface area contributed by atoms with Crippen molar-refractivity contribution in [1.29, 1.82) is 0 Å². The molecule has 0 radical (unpaired) electrons. The molecule has 1 spiro atoms. The van der Waals surface area contributed by atoms with Crippen molar-refractivity contribution in [3.8, 4) is 11.3 Å². The van der Waals surface area contributed by atoms with Crippen LogP contribution in [0, 0.1) is 18.3 Å². The second-order valence-electron chi connectivity index (χ2n) is 11.3. The van der Waals surface area contributed by atoms with E-state index in [0.29, 0.717) is 30.3 Å². The fourth-order valence-corrected chi connectivity index (χ4v) is 7.43. The van der Waals surface area contributed by atoms with E-state index in [0.717, 1.165) is 49.2 Å². The number of pyridine rings is 1. The summed E-state index contributed by atoms with van der Waals surface area (Å²) in [6.45, 7) is 5.76. The van der Waals surface area contributed by atoms with Gasteiger partial charge in [-0.3, -0.25) is 14.0 Å². The van der Waals surface area contributed by atoms with Gasteiger partial charge in [0.15, 0.2) is 5.82 Å². The highest BCUT2D eigenvalue weighted by atomic mass is 32.3. The van der Waals surface area contributed by atoms with Crippen molar-refractivity contribution in [3.63, 3.8) is 0 Å². The van der Waals surface area contributed by atoms with Crippen LogP contribution in [0.2, 0.25) is 0 Å². The number of anilines is 2. The Morgan fingerprint density at radius 2 is 1.84 bits per heavy atom. The predicted molar refractivity (Wildman–Crippen MR) is 143 cm³/mol. The average Bonchev–Trinajstić information content (AvgIpc) is 3.41. The van der Waals surface area contributed by atoms with Crippen LogP contribution in [0.1, 0.15) is 30.4 Å². The van der Waals surface area contributed by atoms with Crippen LogP contribution >= 0.6 is 11.0 Å².